The number of hydrogen-bond donors (Lipinski definition) is 1. The smallest absolute Gasteiger partial charge is 0.136 e. The summed E-state index contributed by atoms with van der Waals surface area (Å²) in [5.74, 6) is 1.10. The Morgan fingerprint density at radius 2 is 1.86 bits per heavy atom. The predicted molar refractivity (Wildman–Crippen MR) is 91.9 cm³/mol. The summed E-state index contributed by atoms with van der Waals surface area (Å²) in [6.07, 6.45) is 5.60. The number of benzene rings is 1. The summed E-state index contributed by atoms with van der Waals surface area (Å²) < 4.78 is 0. The molecule has 0 aliphatic heterocycles. The Balaban J connectivity index is 2.30. The van der Waals surface area contributed by atoms with E-state index in [1.165, 1.54) is 29.2 Å². The van der Waals surface area contributed by atoms with Crippen molar-refractivity contribution in [3.8, 4) is 0 Å². The van der Waals surface area contributed by atoms with E-state index < -0.39 is 0 Å². The van der Waals surface area contributed by atoms with Gasteiger partial charge in [0.05, 0.1) is 0 Å². The third-order valence-corrected chi connectivity index (χ3v) is 3.81. The number of aromatic nitrogens is 1. The van der Waals surface area contributed by atoms with E-state index in [1.807, 2.05) is 6.20 Å². The number of nitrogens with zero attached hydrogens (tertiary/aromatic N) is 2. The molecular weight excluding hydrogens is 258 g/mol. The van der Waals surface area contributed by atoms with Crippen LogP contribution in [0.1, 0.15) is 38.7 Å². The van der Waals surface area contributed by atoms with Gasteiger partial charge in [-0.25, -0.2) is 4.98 Å². The summed E-state index contributed by atoms with van der Waals surface area (Å²) >= 11 is 0. The lowest BCUT2D eigenvalue weighted by molar-refractivity contribution is 0.676. The summed E-state index contributed by atoms with van der Waals surface area (Å²) in [5.41, 5.74) is 1.28. The van der Waals surface area contributed by atoms with Crippen LogP contribution in [0, 0.1) is 0 Å². The van der Waals surface area contributed by atoms with Crippen LogP contribution in [0.15, 0.2) is 30.5 Å². The number of anilines is 1. The second kappa shape index (κ2) is 7.99. The van der Waals surface area contributed by atoms with Crippen LogP contribution < -0.4 is 10.2 Å². The van der Waals surface area contributed by atoms with Gasteiger partial charge in [0.1, 0.15) is 5.82 Å². The average Bonchev–Trinajstić information content (AvgIpc) is 2.53. The molecule has 0 spiro atoms. The van der Waals surface area contributed by atoms with Gasteiger partial charge in [-0.1, -0.05) is 44.5 Å². The van der Waals surface area contributed by atoms with Gasteiger partial charge in [-0.15, -0.1) is 0 Å². The third kappa shape index (κ3) is 3.94. The maximum Gasteiger partial charge on any atom is 0.136 e. The fourth-order valence-corrected chi connectivity index (χ4v) is 2.58. The summed E-state index contributed by atoms with van der Waals surface area (Å²) in [5, 5.41) is 6.04. The molecule has 114 valence electrons. The van der Waals surface area contributed by atoms with Crippen LogP contribution in [0.5, 0.6) is 0 Å². The lowest BCUT2D eigenvalue weighted by Gasteiger charge is -2.21. The van der Waals surface area contributed by atoms with Crippen LogP contribution in [-0.2, 0) is 6.54 Å². The molecule has 1 aromatic carbocycles. The molecule has 0 bridgehead atoms. The van der Waals surface area contributed by atoms with Gasteiger partial charge in [-0.3, -0.25) is 0 Å². The highest BCUT2D eigenvalue weighted by atomic mass is 15.2. The van der Waals surface area contributed by atoms with E-state index >= 15 is 0 Å². The summed E-state index contributed by atoms with van der Waals surface area (Å²) in [6.45, 7) is 7.41. The van der Waals surface area contributed by atoms with Crippen molar-refractivity contribution in [2.45, 2.75) is 39.7 Å². The van der Waals surface area contributed by atoms with Gasteiger partial charge in [0.2, 0.25) is 0 Å². The fourth-order valence-electron chi connectivity index (χ4n) is 2.58. The maximum absolute atomic E-state index is 4.72. The van der Waals surface area contributed by atoms with Crippen LogP contribution in [0.25, 0.3) is 10.8 Å². The first-order valence-corrected chi connectivity index (χ1v) is 8.06. The minimum Gasteiger partial charge on any atom is -0.359 e. The highest BCUT2D eigenvalue weighted by molar-refractivity contribution is 5.94. The van der Waals surface area contributed by atoms with Crippen molar-refractivity contribution in [1.29, 1.82) is 0 Å². The second-order valence-electron chi connectivity index (χ2n) is 5.60. The van der Waals surface area contributed by atoms with Gasteiger partial charge in [-0.2, -0.15) is 0 Å². The summed E-state index contributed by atoms with van der Waals surface area (Å²) in [6, 6.07) is 8.60. The highest BCUT2D eigenvalue weighted by Gasteiger charge is 2.10. The molecular formula is C18H27N3. The topological polar surface area (TPSA) is 28.2 Å². The number of fused-ring (bicyclic) bond motifs is 1. The molecule has 21 heavy (non-hydrogen) atoms. The normalized spacial score (nSPS) is 11.0. The van der Waals surface area contributed by atoms with E-state index in [0.717, 1.165) is 31.9 Å². The van der Waals surface area contributed by atoms with E-state index in [2.05, 4.69) is 55.4 Å². The predicted octanol–water partition coefficient (Wildman–Crippen LogP) is 3.97. The standard InChI is InChI=1S/C18H27N3/c1-4-6-12-21(3)18-17-10-8-7-9-16(17)15(14-20-18)13-19-11-5-2/h7-10,14,19H,4-6,11-13H2,1-3H3. The number of nitrogens with one attached hydrogen (secondary N) is 1. The molecule has 2 rings (SSSR count). The molecule has 0 atom stereocenters. The Bertz CT molecular complexity index is 565. The molecule has 3 heteroatoms. The van der Waals surface area contributed by atoms with Crippen molar-refractivity contribution >= 4 is 16.6 Å². The van der Waals surface area contributed by atoms with E-state index in [-0.39, 0.29) is 0 Å². The number of rotatable bonds is 8. The second-order valence-corrected chi connectivity index (χ2v) is 5.60. The third-order valence-electron chi connectivity index (χ3n) is 3.81. The first-order valence-electron chi connectivity index (χ1n) is 8.06. The van der Waals surface area contributed by atoms with Crippen molar-refractivity contribution in [1.82, 2.24) is 10.3 Å². The van der Waals surface area contributed by atoms with E-state index in [0.29, 0.717) is 0 Å². The molecule has 0 amide bonds. The Morgan fingerprint density at radius 3 is 2.57 bits per heavy atom. The van der Waals surface area contributed by atoms with E-state index in [9.17, 15) is 0 Å². The molecule has 1 N–H and O–H groups in total. The molecule has 0 unspecified atom stereocenters. The Morgan fingerprint density at radius 1 is 1.10 bits per heavy atom. The van der Waals surface area contributed by atoms with Crippen molar-refractivity contribution in [3.63, 3.8) is 0 Å². The minimum atomic E-state index is 0.889. The molecule has 0 radical (unpaired) electrons. The minimum absolute atomic E-state index is 0.889. The van der Waals surface area contributed by atoms with Crippen molar-refractivity contribution in [2.75, 3.05) is 25.0 Å². The molecule has 0 aliphatic rings. The monoisotopic (exact) mass is 285 g/mol. The number of unbranched alkanes of at least 4 members (excludes halogenated alkanes) is 1. The largest absolute Gasteiger partial charge is 0.359 e. The van der Waals surface area contributed by atoms with Crippen molar-refractivity contribution in [3.05, 3.63) is 36.0 Å². The summed E-state index contributed by atoms with van der Waals surface area (Å²) in [7, 11) is 2.14. The quantitative estimate of drug-likeness (QED) is 0.744. The maximum atomic E-state index is 4.72. The SMILES string of the molecule is CCCCN(C)c1ncc(CNCCC)c2ccccc12. The zero-order valence-corrected chi connectivity index (χ0v) is 13.5. The van der Waals surface area contributed by atoms with Crippen molar-refractivity contribution < 1.29 is 0 Å². The van der Waals surface area contributed by atoms with E-state index in [1.54, 1.807) is 0 Å². The molecule has 1 aromatic heterocycles. The Kier molecular flexibility index (Phi) is 6.00. The van der Waals surface area contributed by atoms with E-state index in [4.69, 9.17) is 4.98 Å². The Labute approximate surface area is 128 Å². The zero-order chi connectivity index (χ0) is 15.1. The van der Waals surface area contributed by atoms with Crippen LogP contribution in [-0.4, -0.2) is 25.1 Å². The highest BCUT2D eigenvalue weighted by Crippen LogP contribution is 2.26. The van der Waals surface area contributed by atoms with Gasteiger partial charge >= 0.3 is 0 Å². The van der Waals surface area contributed by atoms with Gasteiger partial charge in [0, 0.05) is 31.7 Å². The Hall–Kier alpha value is -1.61. The zero-order valence-electron chi connectivity index (χ0n) is 13.5. The molecule has 0 saturated heterocycles. The van der Waals surface area contributed by atoms with Gasteiger partial charge in [0.15, 0.2) is 0 Å². The molecule has 0 fully saturated rings. The molecule has 2 aromatic rings. The van der Waals surface area contributed by atoms with Crippen LogP contribution in [0.4, 0.5) is 5.82 Å². The van der Waals surface area contributed by atoms with Gasteiger partial charge in [0.25, 0.3) is 0 Å². The molecule has 0 saturated carbocycles. The number of pyridine rings is 1. The average molecular weight is 285 g/mol. The summed E-state index contributed by atoms with van der Waals surface area (Å²) in [4.78, 5) is 7.00. The first-order chi connectivity index (χ1) is 10.3. The van der Waals surface area contributed by atoms with Crippen molar-refractivity contribution in [2.24, 2.45) is 0 Å². The van der Waals surface area contributed by atoms with Crippen LogP contribution in [0.2, 0.25) is 0 Å². The van der Waals surface area contributed by atoms with Crippen LogP contribution >= 0.6 is 0 Å². The number of hydrogen-bond acceptors (Lipinski definition) is 3. The van der Waals surface area contributed by atoms with Gasteiger partial charge in [-0.05, 0) is 30.3 Å². The lowest BCUT2D eigenvalue weighted by Crippen LogP contribution is -2.20. The molecule has 0 aliphatic carbocycles. The molecule has 1 heterocycles. The first kappa shape index (κ1) is 15.8. The lowest BCUT2D eigenvalue weighted by atomic mass is 10.1. The van der Waals surface area contributed by atoms with Crippen LogP contribution in [0.3, 0.4) is 0 Å². The van der Waals surface area contributed by atoms with Gasteiger partial charge < -0.3 is 10.2 Å². The molecule has 3 nitrogen and oxygen atoms in total. The fraction of sp³-hybridized carbons (Fsp3) is 0.500.